The summed E-state index contributed by atoms with van der Waals surface area (Å²) in [7, 11) is 0. The first-order valence-corrected chi connectivity index (χ1v) is 11.9. The van der Waals surface area contributed by atoms with E-state index in [0.717, 1.165) is 18.5 Å². The van der Waals surface area contributed by atoms with Crippen molar-refractivity contribution in [2.45, 2.75) is 25.4 Å². The summed E-state index contributed by atoms with van der Waals surface area (Å²) in [6.45, 7) is 1.44. The second-order valence-electron chi connectivity index (χ2n) is 8.36. The van der Waals surface area contributed by atoms with E-state index < -0.39 is 0 Å². The molecule has 0 unspecified atom stereocenters. The number of carbonyl (C=O) groups is 2. The summed E-state index contributed by atoms with van der Waals surface area (Å²) in [5, 5.41) is 6.45. The third-order valence-electron chi connectivity index (χ3n) is 5.93. The first-order chi connectivity index (χ1) is 17.0. The number of anilines is 1. The minimum atomic E-state index is -0.344. The van der Waals surface area contributed by atoms with Gasteiger partial charge in [0.2, 0.25) is 0 Å². The van der Waals surface area contributed by atoms with Crippen LogP contribution in [0.3, 0.4) is 0 Å². The number of benzene rings is 3. The normalized spacial score (nSPS) is 13.8. The molecule has 8 heteroatoms. The molecule has 1 saturated heterocycles. The van der Waals surface area contributed by atoms with Crippen molar-refractivity contribution in [2.24, 2.45) is 0 Å². The zero-order valence-corrected chi connectivity index (χ0v) is 19.9. The lowest BCUT2D eigenvalue weighted by atomic mass is 10.0. The summed E-state index contributed by atoms with van der Waals surface area (Å²) in [4.78, 5) is 27.3. The van der Waals surface area contributed by atoms with Crippen molar-refractivity contribution in [3.8, 4) is 5.75 Å². The Labute approximate surface area is 209 Å². The second kappa shape index (κ2) is 11.7. The Hall–Kier alpha value is -3.58. The number of para-hydroxylation sites is 1. The highest BCUT2D eigenvalue weighted by molar-refractivity contribution is 6.30. The van der Waals surface area contributed by atoms with E-state index in [1.807, 2.05) is 18.2 Å². The number of rotatable bonds is 8. The summed E-state index contributed by atoms with van der Waals surface area (Å²) in [5.74, 6) is -0.182. The Kier molecular flexibility index (Phi) is 8.21. The first kappa shape index (κ1) is 24.5. The average molecular weight is 496 g/mol. The Morgan fingerprint density at radius 2 is 1.66 bits per heavy atom. The van der Waals surface area contributed by atoms with Crippen molar-refractivity contribution in [3.05, 3.63) is 94.8 Å². The summed E-state index contributed by atoms with van der Waals surface area (Å²) in [6.07, 6.45) is 1.50. The Morgan fingerprint density at radius 3 is 2.40 bits per heavy atom. The van der Waals surface area contributed by atoms with Gasteiger partial charge in [-0.2, -0.15) is 0 Å². The number of amides is 2. The number of carbonyl (C=O) groups excluding carboxylic acids is 2. The molecule has 0 aliphatic carbocycles. The van der Waals surface area contributed by atoms with E-state index in [2.05, 4.69) is 15.5 Å². The SMILES string of the molecule is O=C(COc1ccc(Cl)cc1)NC1CCN(c2ccccc2C(=O)NCc2ccccc2F)CC1. The fourth-order valence-corrected chi connectivity index (χ4v) is 4.19. The third kappa shape index (κ3) is 6.73. The number of piperidine rings is 1. The molecule has 1 aliphatic rings. The van der Waals surface area contributed by atoms with Crippen molar-refractivity contribution in [2.75, 3.05) is 24.6 Å². The second-order valence-corrected chi connectivity index (χ2v) is 8.80. The lowest BCUT2D eigenvalue weighted by molar-refractivity contribution is -0.123. The van der Waals surface area contributed by atoms with E-state index >= 15 is 0 Å². The fourth-order valence-electron chi connectivity index (χ4n) is 4.07. The van der Waals surface area contributed by atoms with E-state index in [1.54, 1.807) is 48.5 Å². The van der Waals surface area contributed by atoms with Gasteiger partial charge in [0.1, 0.15) is 11.6 Å². The molecule has 1 heterocycles. The molecule has 1 fully saturated rings. The minimum absolute atomic E-state index is 0.0367. The third-order valence-corrected chi connectivity index (χ3v) is 6.18. The Bertz CT molecular complexity index is 1160. The van der Waals surface area contributed by atoms with E-state index in [1.165, 1.54) is 6.07 Å². The lowest BCUT2D eigenvalue weighted by Gasteiger charge is -2.34. The first-order valence-electron chi connectivity index (χ1n) is 11.5. The van der Waals surface area contributed by atoms with E-state index in [9.17, 15) is 14.0 Å². The van der Waals surface area contributed by atoms with Crippen LogP contribution in [0.5, 0.6) is 5.75 Å². The van der Waals surface area contributed by atoms with Gasteiger partial charge >= 0.3 is 0 Å². The highest BCUT2D eigenvalue weighted by Gasteiger charge is 2.24. The topological polar surface area (TPSA) is 70.7 Å². The number of ether oxygens (including phenoxy) is 1. The summed E-state index contributed by atoms with van der Waals surface area (Å²) < 4.78 is 19.4. The van der Waals surface area contributed by atoms with Gasteiger partial charge in [0.05, 0.1) is 5.56 Å². The van der Waals surface area contributed by atoms with Crippen LogP contribution >= 0.6 is 11.6 Å². The standard InChI is InChI=1S/C27H27ClFN3O3/c28-20-9-11-22(12-10-20)35-18-26(33)31-21-13-15-32(16-14-21)25-8-4-2-6-23(25)27(34)30-17-19-5-1-3-7-24(19)29/h1-12,21H,13-18H2,(H,30,34)(H,31,33). The Balaban J connectivity index is 1.28. The largest absolute Gasteiger partial charge is 0.484 e. The molecule has 4 rings (SSSR count). The summed E-state index contributed by atoms with van der Waals surface area (Å²) >= 11 is 5.86. The maximum atomic E-state index is 13.9. The predicted molar refractivity (Wildman–Crippen MR) is 134 cm³/mol. The molecular formula is C27H27ClFN3O3. The fraction of sp³-hybridized carbons (Fsp3) is 0.259. The average Bonchev–Trinajstić information content (AvgIpc) is 2.88. The molecule has 3 aromatic rings. The van der Waals surface area contributed by atoms with Gasteiger partial charge in [-0.3, -0.25) is 9.59 Å². The molecule has 35 heavy (non-hydrogen) atoms. The van der Waals surface area contributed by atoms with Gasteiger partial charge in [-0.1, -0.05) is 41.9 Å². The van der Waals surface area contributed by atoms with Crippen molar-refractivity contribution in [1.82, 2.24) is 10.6 Å². The van der Waals surface area contributed by atoms with Gasteiger partial charge in [-0.05, 0) is 55.3 Å². The number of halogens is 2. The molecule has 2 N–H and O–H groups in total. The van der Waals surface area contributed by atoms with Crippen molar-refractivity contribution < 1.29 is 18.7 Å². The molecule has 0 radical (unpaired) electrons. The van der Waals surface area contributed by atoms with Gasteiger partial charge in [0.25, 0.3) is 11.8 Å². The van der Waals surface area contributed by atoms with E-state index in [-0.39, 0.29) is 36.8 Å². The number of nitrogens with one attached hydrogen (secondary N) is 2. The number of nitrogens with zero attached hydrogens (tertiary/aromatic N) is 1. The zero-order chi connectivity index (χ0) is 24.6. The van der Waals surface area contributed by atoms with Gasteiger partial charge in [-0.25, -0.2) is 4.39 Å². The quantitative estimate of drug-likeness (QED) is 0.480. The molecule has 0 atom stereocenters. The minimum Gasteiger partial charge on any atom is -0.484 e. The molecule has 182 valence electrons. The molecule has 2 amide bonds. The van der Waals surface area contributed by atoms with Crippen LogP contribution in [-0.2, 0) is 11.3 Å². The van der Waals surface area contributed by atoms with E-state index in [4.69, 9.17) is 16.3 Å². The predicted octanol–water partition coefficient (Wildman–Crippen LogP) is 4.57. The lowest BCUT2D eigenvalue weighted by Crippen LogP contribution is -2.46. The molecule has 0 bridgehead atoms. The number of hydrogen-bond donors (Lipinski definition) is 2. The van der Waals surface area contributed by atoms with Gasteiger partial charge in [-0.15, -0.1) is 0 Å². The number of hydrogen-bond acceptors (Lipinski definition) is 4. The smallest absolute Gasteiger partial charge is 0.258 e. The molecule has 1 aliphatic heterocycles. The van der Waals surface area contributed by atoms with Crippen LogP contribution in [0.25, 0.3) is 0 Å². The van der Waals surface area contributed by atoms with Crippen LogP contribution in [0.4, 0.5) is 10.1 Å². The van der Waals surface area contributed by atoms with Gasteiger partial charge in [0, 0.05) is 41.9 Å². The van der Waals surface area contributed by atoms with Crippen molar-refractivity contribution in [3.63, 3.8) is 0 Å². The zero-order valence-electron chi connectivity index (χ0n) is 19.2. The molecule has 0 spiro atoms. The van der Waals surface area contributed by atoms with Crippen LogP contribution in [0.1, 0.15) is 28.8 Å². The van der Waals surface area contributed by atoms with Crippen LogP contribution in [-0.4, -0.2) is 37.6 Å². The highest BCUT2D eigenvalue weighted by atomic mass is 35.5. The van der Waals surface area contributed by atoms with Gasteiger partial charge < -0.3 is 20.3 Å². The van der Waals surface area contributed by atoms with Crippen molar-refractivity contribution >= 4 is 29.1 Å². The highest BCUT2D eigenvalue weighted by Crippen LogP contribution is 2.24. The van der Waals surface area contributed by atoms with Crippen LogP contribution in [0, 0.1) is 5.82 Å². The maximum Gasteiger partial charge on any atom is 0.258 e. The van der Waals surface area contributed by atoms with Crippen LogP contribution < -0.4 is 20.3 Å². The molecule has 0 saturated carbocycles. The van der Waals surface area contributed by atoms with Crippen LogP contribution in [0.2, 0.25) is 5.02 Å². The summed E-state index contributed by atoms with van der Waals surface area (Å²) in [5.41, 5.74) is 1.81. The molecule has 6 nitrogen and oxygen atoms in total. The van der Waals surface area contributed by atoms with Crippen molar-refractivity contribution in [1.29, 1.82) is 0 Å². The van der Waals surface area contributed by atoms with E-state index in [0.29, 0.717) is 35.0 Å². The monoisotopic (exact) mass is 495 g/mol. The Morgan fingerprint density at radius 1 is 0.971 bits per heavy atom. The van der Waals surface area contributed by atoms with Gasteiger partial charge in [0.15, 0.2) is 6.61 Å². The molecule has 3 aromatic carbocycles. The summed E-state index contributed by atoms with van der Waals surface area (Å²) in [6, 6.07) is 20.7. The maximum absolute atomic E-state index is 13.9. The van der Waals surface area contributed by atoms with Crippen LogP contribution in [0.15, 0.2) is 72.8 Å². The molecular weight excluding hydrogens is 469 g/mol. The molecule has 0 aromatic heterocycles.